The summed E-state index contributed by atoms with van der Waals surface area (Å²) in [7, 11) is -3.65. The van der Waals surface area contributed by atoms with Crippen molar-refractivity contribution in [3.8, 4) is 0 Å². The third-order valence-electron chi connectivity index (χ3n) is 6.01. The number of benzene rings is 2. The molecule has 0 unspecified atom stereocenters. The molecule has 0 saturated carbocycles. The Kier molecular flexibility index (Phi) is 4.68. The highest BCUT2D eigenvalue weighted by Gasteiger charge is 2.39. The lowest BCUT2D eigenvalue weighted by molar-refractivity contribution is -0.116. The maximum absolute atomic E-state index is 13.6. The summed E-state index contributed by atoms with van der Waals surface area (Å²) in [5, 5.41) is 0.856. The largest absolute Gasteiger partial charge is 0.309 e. The zero-order valence-corrected chi connectivity index (χ0v) is 18.5. The van der Waals surface area contributed by atoms with Gasteiger partial charge in [0.1, 0.15) is 5.01 Å². The van der Waals surface area contributed by atoms with Gasteiger partial charge in [-0.3, -0.25) is 4.79 Å². The predicted molar refractivity (Wildman–Crippen MR) is 118 cm³/mol. The van der Waals surface area contributed by atoms with E-state index in [1.165, 1.54) is 0 Å². The number of thiazole rings is 1. The molecule has 1 aromatic heterocycles. The standard InChI is InChI=1S/C22H23N3O3S2/c1-14-12-16-13-17(9-10-19(16)25(14)15(2)26)30(27,28)24-11-5-7-20(24)22-23-18-6-3-4-8-21(18)29-22/h3-4,6,8-10,13-14,20H,5,7,11-12H2,1-2H3/t14-,20+/m1/s1. The van der Waals surface area contributed by atoms with Gasteiger partial charge >= 0.3 is 0 Å². The molecule has 0 aliphatic carbocycles. The van der Waals surface area contributed by atoms with Gasteiger partial charge in [0.15, 0.2) is 0 Å². The van der Waals surface area contributed by atoms with Crippen LogP contribution in [0.1, 0.15) is 43.3 Å². The van der Waals surface area contributed by atoms with Crippen molar-refractivity contribution in [3.63, 3.8) is 0 Å². The number of rotatable bonds is 3. The van der Waals surface area contributed by atoms with E-state index >= 15 is 0 Å². The minimum atomic E-state index is -3.65. The maximum atomic E-state index is 13.6. The fraction of sp³-hybridized carbons (Fsp3) is 0.364. The summed E-state index contributed by atoms with van der Waals surface area (Å²) in [5.74, 6) is -0.0210. The van der Waals surface area contributed by atoms with Crippen LogP contribution in [0.3, 0.4) is 0 Å². The van der Waals surface area contributed by atoms with Crippen LogP contribution in [-0.4, -0.2) is 36.2 Å². The number of carbonyl (C=O) groups excluding carboxylic acids is 1. The van der Waals surface area contributed by atoms with Crippen molar-refractivity contribution in [2.75, 3.05) is 11.4 Å². The van der Waals surface area contributed by atoms with Crippen LogP contribution in [0.5, 0.6) is 0 Å². The highest BCUT2D eigenvalue weighted by atomic mass is 32.2. The van der Waals surface area contributed by atoms with E-state index in [0.29, 0.717) is 17.9 Å². The number of hydrogen-bond acceptors (Lipinski definition) is 5. The third kappa shape index (κ3) is 3.05. The second kappa shape index (κ2) is 7.14. The van der Waals surface area contributed by atoms with E-state index < -0.39 is 10.0 Å². The average molecular weight is 442 g/mol. The van der Waals surface area contributed by atoms with Gasteiger partial charge in [0.2, 0.25) is 15.9 Å². The Balaban J connectivity index is 1.50. The van der Waals surface area contributed by atoms with E-state index in [-0.39, 0.29) is 18.0 Å². The monoisotopic (exact) mass is 441 g/mol. The molecule has 5 rings (SSSR count). The molecule has 0 N–H and O–H groups in total. The number of hydrogen-bond donors (Lipinski definition) is 0. The lowest BCUT2D eigenvalue weighted by Crippen LogP contribution is -2.33. The molecule has 6 nitrogen and oxygen atoms in total. The lowest BCUT2D eigenvalue weighted by Gasteiger charge is -2.23. The smallest absolute Gasteiger partial charge is 0.243 e. The zero-order valence-electron chi connectivity index (χ0n) is 16.9. The first kappa shape index (κ1) is 19.7. The first-order valence-corrected chi connectivity index (χ1v) is 12.4. The number of anilines is 1. The Morgan fingerprint density at radius 1 is 1.20 bits per heavy atom. The number of para-hydroxylation sites is 1. The Morgan fingerprint density at radius 3 is 2.77 bits per heavy atom. The van der Waals surface area contributed by atoms with Gasteiger partial charge < -0.3 is 4.90 Å². The molecule has 156 valence electrons. The fourth-order valence-electron chi connectivity index (χ4n) is 4.69. The van der Waals surface area contributed by atoms with Crippen molar-refractivity contribution in [1.29, 1.82) is 0 Å². The highest BCUT2D eigenvalue weighted by Crippen LogP contribution is 2.41. The topological polar surface area (TPSA) is 70.6 Å². The molecule has 2 aliphatic heterocycles. The van der Waals surface area contributed by atoms with Gasteiger partial charge in [-0.25, -0.2) is 13.4 Å². The summed E-state index contributed by atoms with van der Waals surface area (Å²) in [5.41, 5.74) is 2.64. The van der Waals surface area contributed by atoms with Crippen LogP contribution < -0.4 is 4.90 Å². The Hall–Kier alpha value is -2.29. The molecule has 1 saturated heterocycles. The van der Waals surface area contributed by atoms with E-state index in [9.17, 15) is 13.2 Å². The van der Waals surface area contributed by atoms with Crippen molar-refractivity contribution < 1.29 is 13.2 Å². The normalized spacial score (nSPS) is 22.0. The van der Waals surface area contributed by atoms with Gasteiger partial charge in [0.05, 0.1) is 21.2 Å². The van der Waals surface area contributed by atoms with Crippen molar-refractivity contribution in [2.24, 2.45) is 0 Å². The second-order valence-corrected chi connectivity index (χ2v) is 11.0. The summed E-state index contributed by atoms with van der Waals surface area (Å²) in [6.45, 7) is 4.03. The summed E-state index contributed by atoms with van der Waals surface area (Å²) in [6, 6.07) is 12.9. The number of nitrogens with zero attached hydrogens (tertiary/aromatic N) is 3. The quantitative estimate of drug-likeness (QED) is 0.613. The van der Waals surface area contributed by atoms with Gasteiger partial charge in [-0.05, 0) is 62.1 Å². The summed E-state index contributed by atoms with van der Waals surface area (Å²) >= 11 is 1.57. The van der Waals surface area contributed by atoms with Gasteiger partial charge in [0.25, 0.3) is 0 Å². The second-order valence-electron chi connectivity index (χ2n) is 8.03. The molecule has 0 spiro atoms. The van der Waals surface area contributed by atoms with E-state index in [0.717, 1.165) is 39.3 Å². The zero-order chi connectivity index (χ0) is 21.0. The molecule has 30 heavy (non-hydrogen) atoms. The van der Waals surface area contributed by atoms with Crippen LogP contribution in [0.4, 0.5) is 5.69 Å². The minimum Gasteiger partial charge on any atom is -0.309 e. The number of aromatic nitrogens is 1. The van der Waals surface area contributed by atoms with Crippen molar-refractivity contribution in [3.05, 3.63) is 53.0 Å². The molecule has 3 heterocycles. The van der Waals surface area contributed by atoms with Crippen molar-refractivity contribution >= 4 is 43.2 Å². The Labute approximate surface area is 180 Å². The van der Waals surface area contributed by atoms with Crippen molar-refractivity contribution in [2.45, 2.75) is 50.1 Å². The maximum Gasteiger partial charge on any atom is 0.243 e. The molecular formula is C22H23N3O3S2. The molecule has 2 atom stereocenters. The summed E-state index contributed by atoms with van der Waals surface area (Å²) in [6.07, 6.45) is 2.26. The molecule has 1 fully saturated rings. The molecule has 3 aromatic rings. The van der Waals surface area contributed by atoms with Gasteiger partial charge in [-0.2, -0.15) is 4.31 Å². The first-order valence-electron chi connectivity index (χ1n) is 10.2. The predicted octanol–water partition coefficient (Wildman–Crippen LogP) is 4.12. The lowest BCUT2D eigenvalue weighted by atomic mass is 10.1. The molecule has 2 aliphatic rings. The number of amides is 1. The number of fused-ring (bicyclic) bond motifs is 2. The van der Waals surface area contributed by atoms with E-state index in [4.69, 9.17) is 4.98 Å². The average Bonchev–Trinajstić information content (AvgIpc) is 3.42. The van der Waals surface area contributed by atoms with Gasteiger partial charge in [0, 0.05) is 25.2 Å². The highest BCUT2D eigenvalue weighted by molar-refractivity contribution is 7.89. The first-order chi connectivity index (χ1) is 14.4. The van der Waals surface area contributed by atoms with Crippen LogP contribution in [0.25, 0.3) is 10.2 Å². The Bertz CT molecular complexity index is 1220. The van der Waals surface area contributed by atoms with Crippen molar-refractivity contribution in [1.82, 2.24) is 9.29 Å². The van der Waals surface area contributed by atoms with E-state index in [1.807, 2.05) is 31.2 Å². The fourth-order valence-corrected chi connectivity index (χ4v) is 7.58. The molecular weight excluding hydrogens is 418 g/mol. The summed E-state index contributed by atoms with van der Waals surface area (Å²) < 4.78 is 29.8. The molecule has 0 bridgehead atoms. The van der Waals surface area contributed by atoms with E-state index in [1.54, 1.807) is 45.7 Å². The van der Waals surface area contributed by atoms with Crippen LogP contribution >= 0.6 is 11.3 Å². The number of carbonyl (C=O) groups is 1. The molecule has 2 aromatic carbocycles. The summed E-state index contributed by atoms with van der Waals surface area (Å²) in [4.78, 5) is 18.7. The molecule has 0 radical (unpaired) electrons. The van der Waals surface area contributed by atoms with Gasteiger partial charge in [-0.1, -0.05) is 12.1 Å². The van der Waals surface area contributed by atoms with E-state index in [2.05, 4.69) is 0 Å². The third-order valence-corrected chi connectivity index (χ3v) is 9.05. The number of sulfonamides is 1. The molecule has 8 heteroatoms. The molecule has 1 amide bonds. The SMILES string of the molecule is CC(=O)N1c2ccc(S(=O)(=O)N3CCC[C@H]3c3nc4ccccc4s3)cc2C[C@H]1C. The van der Waals surface area contributed by atoms with Crippen LogP contribution in [-0.2, 0) is 21.2 Å². The van der Waals surface area contributed by atoms with Crippen LogP contribution in [0, 0.1) is 0 Å². The minimum absolute atomic E-state index is 0.0210. The Morgan fingerprint density at radius 2 is 2.00 bits per heavy atom. The van der Waals surface area contributed by atoms with Gasteiger partial charge in [-0.15, -0.1) is 11.3 Å². The van der Waals surface area contributed by atoms with Crippen LogP contribution in [0.2, 0.25) is 0 Å². The van der Waals surface area contributed by atoms with Crippen LogP contribution in [0.15, 0.2) is 47.4 Å².